The van der Waals surface area contributed by atoms with Gasteiger partial charge in [0.15, 0.2) is 0 Å². The Hall–Kier alpha value is -1.69. The molecule has 0 radical (unpaired) electrons. The lowest BCUT2D eigenvalue weighted by Gasteiger charge is -2.21. The molecule has 0 rings (SSSR count). The number of carbonyl (C=O) groups excluding carboxylic acids is 1. The first-order valence-corrected chi connectivity index (χ1v) is 27.9. The van der Waals surface area contributed by atoms with Gasteiger partial charge >= 0.3 is 0 Å². The highest BCUT2D eigenvalue weighted by atomic mass is 16.3. The van der Waals surface area contributed by atoms with Crippen molar-refractivity contribution in [3.05, 3.63) is 48.6 Å². The van der Waals surface area contributed by atoms with Crippen LogP contribution in [0.4, 0.5) is 0 Å². The molecule has 63 heavy (non-hydrogen) atoms. The molecule has 0 aliphatic heterocycles. The van der Waals surface area contributed by atoms with Crippen molar-refractivity contribution >= 4 is 5.91 Å². The molecule has 0 bridgehead atoms. The minimum absolute atomic E-state index is 0.00244. The second-order valence-electron chi connectivity index (χ2n) is 19.2. The number of amides is 1. The van der Waals surface area contributed by atoms with Gasteiger partial charge in [0.05, 0.1) is 31.3 Å². The van der Waals surface area contributed by atoms with E-state index in [1.54, 1.807) is 6.08 Å². The van der Waals surface area contributed by atoms with Crippen LogP contribution < -0.4 is 5.32 Å². The number of hydrogen-bond donors (Lipinski definition) is 4. The summed E-state index contributed by atoms with van der Waals surface area (Å²) in [4.78, 5) is 12.5. The molecule has 3 atom stereocenters. The number of nitrogens with one attached hydrogen (secondary N) is 1. The van der Waals surface area contributed by atoms with Gasteiger partial charge in [0, 0.05) is 0 Å². The molecule has 370 valence electrons. The van der Waals surface area contributed by atoms with E-state index in [-0.39, 0.29) is 18.9 Å². The summed E-state index contributed by atoms with van der Waals surface area (Å²) < 4.78 is 0. The third-order valence-corrected chi connectivity index (χ3v) is 12.8. The average Bonchev–Trinajstić information content (AvgIpc) is 3.28. The SMILES string of the molecule is CCCCCCCCCCC/C=C\C/C=C\CCCCCCCCCCCC(O)CC(=O)NC(CO)C(O)/C=C/CC/C=C/CCCCCCCCCCCCCCCCCCC. The normalized spacial score (nSPS) is 13.7. The lowest BCUT2D eigenvalue weighted by molar-refractivity contribution is -0.124. The number of hydrogen-bond acceptors (Lipinski definition) is 4. The standard InChI is InChI=1S/C58H109NO4/c1-3-5-7-9-11-13-15-17-19-21-23-25-27-28-30-31-33-35-37-39-41-43-45-47-49-51-55(61)53-58(63)59-56(54-60)57(62)52-50-48-46-44-42-40-38-36-34-32-29-26-24-22-20-18-16-14-12-10-8-6-4-2/h23,25,28,30,42,44,50,52,55-57,60-62H,3-22,24,26-27,29,31-41,43,45-49,51,53-54H2,1-2H3,(H,59,63)/b25-23-,30-28-,44-42+,52-50+. The van der Waals surface area contributed by atoms with Crippen molar-refractivity contribution in [1.29, 1.82) is 0 Å². The van der Waals surface area contributed by atoms with Crippen LogP contribution in [-0.2, 0) is 4.79 Å². The second-order valence-corrected chi connectivity index (χ2v) is 19.2. The van der Waals surface area contributed by atoms with Gasteiger partial charge in [0.1, 0.15) is 0 Å². The van der Waals surface area contributed by atoms with Crippen molar-refractivity contribution in [3.63, 3.8) is 0 Å². The van der Waals surface area contributed by atoms with Crippen LogP contribution in [0.5, 0.6) is 0 Å². The lowest BCUT2D eigenvalue weighted by Crippen LogP contribution is -2.45. The molecule has 0 saturated carbocycles. The number of allylic oxidation sites excluding steroid dienone is 7. The van der Waals surface area contributed by atoms with Crippen molar-refractivity contribution in [2.75, 3.05) is 6.61 Å². The van der Waals surface area contributed by atoms with E-state index in [1.165, 1.54) is 225 Å². The first-order valence-electron chi connectivity index (χ1n) is 27.9. The van der Waals surface area contributed by atoms with Gasteiger partial charge in [-0.25, -0.2) is 0 Å². The second kappa shape index (κ2) is 52.9. The number of rotatable bonds is 51. The summed E-state index contributed by atoms with van der Waals surface area (Å²) in [6.45, 7) is 4.23. The molecule has 0 aromatic rings. The fourth-order valence-corrected chi connectivity index (χ4v) is 8.56. The highest BCUT2D eigenvalue weighted by molar-refractivity contribution is 5.76. The highest BCUT2D eigenvalue weighted by Gasteiger charge is 2.20. The number of aliphatic hydroxyl groups is 3. The predicted molar refractivity (Wildman–Crippen MR) is 277 cm³/mol. The Morgan fingerprint density at radius 3 is 1.11 bits per heavy atom. The molecule has 3 unspecified atom stereocenters. The average molecular weight is 885 g/mol. The molecule has 1 amide bonds. The molecule has 0 fully saturated rings. The molecular weight excluding hydrogens is 775 g/mol. The van der Waals surface area contributed by atoms with Crippen LogP contribution in [0.25, 0.3) is 0 Å². The fraction of sp³-hybridized carbons (Fsp3) is 0.845. The van der Waals surface area contributed by atoms with E-state index in [0.717, 1.165) is 38.5 Å². The molecule has 5 nitrogen and oxygen atoms in total. The molecule has 4 N–H and O–H groups in total. The van der Waals surface area contributed by atoms with Gasteiger partial charge in [-0.1, -0.05) is 268 Å². The first-order chi connectivity index (χ1) is 31.0. The van der Waals surface area contributed by atoms with Crippen LogP contribution in [0, 0.1) is 0 Å². The van der Waals surface area contributed by atoms with E-state index in [4.69, 9.17) is 0 Å². The van der Waals surface area contributed by atoms with Crippen LogP contribution in [0.1, 0.15) is 290 Å². The molecule has 5 heteroatoms. The Kier molecular flexibility index (Phi) is 51.5. The molecule has 0 aromatic carbocycles. The van der Waals surface area contributed by atoms with Gasteiger partial charge in [-0.2, -0.15) is 0 Å². The Bertz CT molecular complexity index is 1020. The minimum atomic E-state index is -0.955. The molecule has 0 saturated heterocycles. The summed E-state index contributed by atoms with van der Waals surface area (Å²) in [6, 6.07) is -0.765. The van der Waals surface area contributed by atoms with Crippen molar-refractivity contribution in [2.24, 2.45) is 0 Å². The topological polar surface area (TPSA) is 89.8 Å². The van der Waals surface area contributed by atoms with E-state index in [1.807, 2.05) is 6.08 Å². The number of unbranched alkanes of at least 4 members (excludes halogenated alkanes) is 36. The number of aliphatic hydroxyl groups excluding tert-OH is 3. The molecule has 0 aromatic heterocycles. The van der Waals surface area contributed by atoms with Gasteiger partial charge in [-0.15, -0.1) is 0 Å². The van der Waals surface area contributed by atoms with Gasteiger partial charge in [-0.05, 0) is 64.2 Å². The predicted octanol–water partition coefficient (Wildman–Crippen LogP) is 17.2. The summed E-state index contributed by atoms with van der Waals surface area (Å²) in [7, 11) is 0. The maximum Gasteiger partial charge on any atom is 0.222 e. The summed E-state index contributed by atoms with van der Waals surface area (Å²) in [5.41, 5.74) is 0. The van der Waals surface area contributed by atoms with Gasteiger partial charge < -0.3 is 20.6 Å². The molecular formula is C58H109NO4. The van der Waals surface area contributed by atoms with Crippen molar-refractivity contribution < 1.29 is 20.1 Å². The van der Waals surface area contributed by atoms with E-state index < -0.39 is 18.2 Å². The molecule has 0 heterocycles. The Labute approximate surface area is 393 Å². The van der Waals surface area contributed by atoms with Gasteiger partial charge in [0.25, 0.3) is 0 Å². The maximum atomic E-state index is 12.5. The van der Waals surface area contributed by atoms with Gasteiger partial charge in [-0.3, -0.25) is 4.79 Å². The smallest absolute Gasteiger partial charge is 0.222 e. The zero-order chi connectivity index (χ0) is 45.8. The zero-order valence-electron chi connectivity index (χ0n) is 42.2. The fourth-order valence-electron chi connectivity index (χ4n) is 8.56. The largest absolute Gasteiger partial charge is 0.394 e. The molecule has 0 aliphatic carbocycles. The van der Waals surface area contributed by atoms with E-state index in [0.29, 0.717) is 6.42 Å². The van der Waals surface area contributed by atoms with Crippen LogP contribution in [-0.4, -0.2) is 46.1 Å². The maximum absolute atomic E-state index is 12.5. The van der Waals surface area contributed by atoms with Crippen LogP contribution in [0.15, 0.2) is 48.6 Å². The third-order valence-electron chi connectivity index (χ3n) is 12.8. The summed E-state index contributed by atoms with van der Waals surface area (Å²) >= 11 is 0. The quantitative estimate of drug-likeness (QED) is 0.0362. The minimum Gasteiger partial charge on any atom is -0.394 e. The first kappa shape index (κ1) is 61.3. The highest BCUT2D eigenvalue weighted by Crippen LogP contribution is 2.16. The zero-order valence-corrected chi connectivity index (χ0v) is 42.2. The monoisotopic (exact) mass is 884 g/mol. The van der Waals surface area contributed by atoms with Crippen LogP contribution >= 0.6 is 0 Å². The van der Waals surface area contributed by atoms with Crippen molar-refractivity contribution in [1.82, 2.24) is 5.32 Å². The number of carbonyl (C=O) groups is 1. The van der Waals surface area contributed by atoms with Crippen LogP contribution in [0.3, 0.4) is 0 Å². The summed E-state index contributed by atoms with van der Waals surface area (Å²) in [5, 5.41) is 33.4. The Balaban J connectivity index is 3.63. The lowest BCUT2D eigenvalue weighted by atomic mass is 10.0. The van der Waals surface area contributed by atoms with Crippen molar-refractivity contribution in [3.8, 4) is 0 Å². The Morgan fingerprint density at radius 2 is 0.730 bits per heavy atom. The van der Waals surface area contributed by atoms with Gasteiger partial charge in [0.2, 0.25) is 5.91 Å². The summed E-state index contributed by atoms with van der Waals surface area (Å²) in [5.74, 6) is -0.326. The van der Waals surface area contributed by atoms with E-state index >= 15 is 0 Å². The molecule has 0 spiro atoms. The molecule has 0 aliphatic rings. The van der Waals surface area contributed by atoms with Crippen molar-refractivity contribution in [2.45, 2.75) is 308 Å². The van der Waals surface area contributed by atoms with E-state index in [9.17, 15) is 20.1 Å². The third kappa shape index (κ3) is 49.6. The summed E-state index contributed by atoms with van der Waals surface area (Å²) in [6.07, 6.45) is 70.1. The van der Waals surface area contributed by atoms with Crippen LogP contribution in [0.2, 0.25) is 0 Å². The Morgan fingerprint density at radius 1 is 0.413 bits per heavy atom. The van der Waals surface area contributed by atoms with E-state index in [2.05, 4.69) is 55.6 Å².